The number of nitrogens with zero attached hydrogens (tertiary/aromatic N) is 1. The summed E-state index contributed by atoms with van der Waals surface area (Å²) in [5.41, 5.74) is 0. The monoisotopic (exact) mass is 260 g/mol. The van der Waals surface area contributed by atoms with Crippen LogP contribution in [0.2, 0.25) is 0 Å². The number of rotatable bonds is 7. The molecule has 0 heterocycles. The predicted octanol–water partition coefficient (Wildman–Crippen LogP) is 0.302. The SMILES string of the molecule is CCOC(=O)CCNC(=O)N(C)CC(C)C(=O)O. The van der Waals surface area contributed by atoms with Gasteiger partial charge < -0.3 is 20.1 Å². The molecule has 0 aromatic rings. The molecular formula is C11H20N2O5. The molecule has 0 aliphatic rings. The van der Waals surface area contributed by atoms with Gasteiger partial charge in [0.2, 0.25) is 0 Å². The van der Waals surface area contributed by atoms with Crippen LogP contribution >= 0.6 is 0 Å². The summed E-state index contributed by atoms with van der Waals surface area (Å²) in [5, 5.41) is 11.2. The van der Waals surface area contributed by atoms with Gasteiger partial charge in [-0.15, -0.1) is 0 Å². The molecule has 0 aliphatic carbocycles. The van der Waals surface area contributed by atoms with Crippen LogP contribution in [0.15, 0.2) is 0 Å². The highest BCUT2D eigenvalue weighted by atomic mass is 16.5. The molecule has 0 aliphatic heterocycles. The number of aliphatic carboxylic acids is 1. The molecule has 7 nitrogen and oxygen atoms in total. The first-order valence-electron chi connectivity index (χ1n) is 5.75. The number of carboxylic acid groups (broad SMARTS) is 1. The van der Waals surface area contributed by atoms with Crippen LogP contribution in [0, 0.1) is 5.92 Å². The van der Waals surface area contributed by atoms with Gasteiger partial charge in [-0.05, 0) is 6.92 Å². The molecule has 0 fully saturated rings. The number of carbonyl (C=O) groups is 3. The number of carbonyl (C=O) groups excluding carboxylic acids is 2. The molecule has 0 radical (unpaired) electrons. The van der Waals surface area contributed by atoms with Crippen LogP contribution in [0.1, 0.15) is 20.3 Å². The first-order chi connectivity index (χ1) is 8.38. The van der Waals surface area contributed by atoms with Crippen molar-refractivity contribution >= 4 is 18.0 Å². The van der Waals surface area contributed by atoms with E-state index >= 15 is 0 Å². The third-order valence-corrected chi connectivity index (χ3v) is 2.23. The van der Waals surface area contributed by atoms with Crippen LogP contribution < -0.4 is 5.32 Å². The van der Waals surface area contributed by atoms with Gasteiger partial charge in [-0.2, -0.15) is 0 Å². The number of hydrogen-bond acceptors (Lipinski definition) is 4. The summed E-state index contributed by atoms with van der Waals surface area (Å²) in [6.07, 6.45) is 0.0991. The van der Waals surface area contributed by atoms with Crippen LogP contribution in [0.3, 0.4) is 0 Å². The molecular weight excluding hydrogens is 240 g/mol. The lowest BCUT2D eigenvalue weighted by Gasteiger charge is -2.19. The zero-order chi connectivity index (χ0) is 14.1. The molecule has 1 atom stereocenters. The highest BCUT2D eigenvalue weighted by molar-refractivity contribution is 5.76. The van der Waals surface area contributed by atoms with Gasteiger partial charge in [-0.1, -0.05) is 6.92 Å². The van der Waals surface area contributed by atoms with Crippen LogP contribution in [0.25, 0.3) is 0 Å². The molecule has 104 valence electrons. The zero-order valence-electron chi connectivity index (χ0n) is 10.9. The maximum Gasteiger partial charge on any atom is 0.317 e. The first-order valence-corrected chi connectivity index (χ1v) is 5.75. The van der Waals surface area contributed by atoms with E-state index in [1.165, 1.54) is 18.9 Å². The molecule has 0 aromatic carbocycles. The van der Waals surface area contributed by atoms with E-state index in [1.807, 2.05) is 0 Å². The molecule has 0 bridgehead atoms. The van der Waals surface area contributed by atoms with E-state index in [0.717, 1.165) is 0 Å². The maximum absolute atomic E-state index is 11.5. The molecule has 0 spiro atoms. The van der Waals surface area contributed by atoms with E-state index in [9.17, 15) is 14.4 Å². The minimum Gasteiger partial charge on any atom is -0.481 e. The molecule has 0 aromatic heterocycles. The Morgan fingerprint density at radius 2 is 2.00 bits per heavy atom. The third-order valence-electron chi connectivity index (χ3n) is 2.23. The second-order valence-corrected chi connectivity index (χ2v) is 3.91. The Bertz CT molecular complexity index is 306. The molecule has 0 rings (SSSR count). The summed E-state index contributed by atoms with van der Waals surface area (Å²) in [5.74, 6) is -1.97. The lowest BCUT2D eigenvalue weighted by atomic mass is 10.2. The van der Waals surface area contributed by atoms with Crippen molar-refractivity contribution in [1.82, 2.24) is 10.2 Å². The van der Waals surface area contributed by atoms with Crippen molar-refractivity contribution in [3.05, 3.63) is 0 Å². The van der Waals surface area contributed by atoms with E-state index in [-0.39, 0.29) is 25.5 Å². The van der Waals surface area contributed by atoms with Crippen LogP contribution in [0.4, 0.5) is 4.79 Å². The number of ether oxygens (including phenoxy) is 1. The van der Waals surface area contributed by atoms with Crippen molar-refractivity contribution in [1.29, 1.82) is 0 Å². The summed E-state index contributed by atoms with van der Waals surface area (Å²) in [6.45, 7) is 3.81. The van der Waals surface area contributed by atoms with Crippen molar-refractivity contribution in [2.75, 3.05) is 26.7 Å². The maximum atomic E-state index is 11.5. The van der Waals surface area contributed by atoms with Crippen LogP contribution in [-0.4, -0.2) is 54.7 Å². The quantitative estimate of drug-likeness (QED) is 0.642. The molecule has 18 heavy (non-hydrogen) atoms. The summed E-state index contributed by atoms with van der Waals surface area (Å²) >= 11 is 0. The second kappa shape index (κ2) is 8.32. The average Bonchev–Trinajstić information content (AvgIpc) is 2.28. The van der Waals surface area contributed by atoms with Crippen LogP contribution in [-0.2, 0) is 14.3 Å². The topological polar surface area (TPSA) is 95.9 Å². The van der Waals surface area contributed by atoms with E-state index < -0.39 is 17.9 Å². The largest absolute Gasteiger partial charge is 0.481 e. The number of esters is 1. The van der Waals surface area contributed by atoms with E-state index in [1.54, 1.807) is 6.92 Å². The van der Waals surface area contributed by atoms with Gasteiger partial charge in [-0.3, -0.25) is 9.59 Å². The zero-order valence-corrected chi connectivity index (χ0v) is 10.9. The number of urea groups is 1. The Hall–Kier alpha value is -1.79. The Balaban J connectivity index is 3.88. The number of nitrogens with one attached hydrogen (secondary N) is 1. The highest BCUT2D eigenvalue weighted by Gasteiger charge is 2.17. The normalized spacial score (nSPS) is 11.5. The smallest absolute Gasteiger partial charge is 0.317 e. The fourth-order valence-corrected chi connectivity index (χ4v) is 1.21. The van der Waals surface area contributed by atoms with Gasteiger partial charge in [0, 0.05) is 20.1 Å². The molecule has 2 amide bonds. The Morgan fingerprint density at radius 1 is 1.39 bits per heavy atom. The second-order valence-electron chi connectivity index (χ2n) is 3.91. The number of amides is 2. The van der Waals surface area contributed by atoms with Crippen molar-refractivity contribution < 1.29 is 24.2 Å². The van der Waals surface area contributed by atoms with Gasteiger partial charge in [-0.25, -0.2) is 4.79 Å². The summed E-state index contributed by atoms with van der Waals surface area (Å²) in [7, 11) is 1.50. The average molecular weight is 260 g/mol. The third kappa shape index (κ3) is 6.72. The van der Waals surface area contributed by atoms with Gasteiger partial charge in [0.1, 0.15) is 0 Å². The van der Waals surface area contributed by atoms with E-state index in [0.29, 0.717) is 6.61 Å². The molecule has 2 N–H and O–H groups in total. The van der Waals surface area contributed by atoms with E-state index in [2.05, 4.69) is 5.32 Å². The van der Waals surface area contributed by atoms with Gasteiger partial charge in [0.05, 0.1) is 18.9 Å². The number of hydrogen-bond donors (Lipinski definition) is 2. The lowest BCUT2D eigenvalue weighted by molar-refractivity contribution is -0.143. The Labute approximate surface area is 106 Å². The highest BCUT2D eigenvalue weighted by Crippen LogP contribution is 1.98. The van der Waals surface area contributed by atoms with Crippen LogP contribution in [0.5, 0.6) is 0 Å². The van der Waals surface area contributed by atoms with Crippen molar-refractivity contribution in [2.24, 2.45) is 5.92 Å². The summed E-state index contributed by atoms with van der Waals surface area (Å²) in [6, 6.07) is -0.410. The Morgan fingerprint density at radius 3 is 2.50 bits per heavy atom. The number of carboxylic acids is 1. The predicted molar refractivity (Wildman–Crippen MR) is 64.1 cm³/mol. The van der Waals surface area contributed by atoms with Gasteiger partial charge in [0.15, 0.2) is 0 Å². The standard InChI is InChI=1S/C11H20N2O5/c1-4-18-9(14)5-6-12-11(17)13(3)7-8(2)10(15)16/h8H,4-7H2,1-3H3,(H,12,17)(H,15,16). The molecule has 1 unspecified atom stereocenters. The summed E-state index contributed by atoms with van der Waals surface area (Å²) < 4.78 is 4.70. The fraction of sp³-hybridized carbons (Fsp3) is 0.727. The Kier molecular flexibility index (Phi) is 7.50. The molecule has 0 saturated heterocycles. The minimum atomic E-state index is -0.957. The lowest BCUT2D eigenvalue weighted by Crippen LogP contribution is -2.41. The van der Waals surface area contributed by atoms with E-state index in [4.69, 9.17) is 9.84 Å². The van der Waals surface area contributed by atoms with Gasteiger partial charge >= 0.3 is 18.0 Å². The first kappa shape index (κ1) is 16.2. The van der Waals surface area contributed by atoms with Gasteiger partial charge in [0.25, 0.3) is 0 Å². The van der Waals surface area contributed by atoms with Crippen molar-refractivity contribution in [3.8, 4) is 0 Å². The molecule has 0 saturated carbocycles. The van der Waals surface area contributed by atoms with Crippen molar-refractivity contribution in [3.63, 3.8) is 0 Å². The molecule has 7 heteroatoms. The van der Waals surface area contributed by atoms with Crippen molar-refractivity contribution in [2.45, 2.75) is 20.3 Å². The summed E-state index contributed by atoms with van der Waals surface area (Å²) in [4.78, 5) is 34.4. The fourth-order valence-electron chi connectivity index (χ4n) is 1.21. The minimum absolute atomic E-state index is 0.0991.